The van der Waals surface area contributed by atoms with Crippen molar-refractivity contribution in [3.8, 4) is 17.2 Å². The molecule has 1 aliphatic carbocycles. The second kappa shape index (κ2) is 10.1. The van der Waals surface area contributed by atoms with Crippen LogP contribution < -0.4 is 14.2 Å². The lowest BCUT2D eigenvalue weighted by Gasteiger charge is -2.20. The predicted octanol–water partition coefficient (Wildman–Crippen LogP) is 4.96. The van der Waals surface area contributed by atoms with Gasteiger partial charge < -0.3 is 22.6 Å². The van der Waals surface area contributed by atoms with Crippen LogP contribution in [0.25, 0.3) is 5.76 Å². The average molecular weight is 507 g/mol. The maximum Gasteiger partial charge on any atom is 0.534 e. The second-order valence-corrected chi connectivity index (χ2v) is 9.12. The predicted molar refractivity (Wildman–Crippen MR) is 116 cm³/mol. The number of benzene rings is 2. The van der Waals surface area contributed by atoms with Gasteiger partial charge in [-0.1, -0.05) is 18.2 Å². The van der Waals surface area contributed by atoms with Crippen molar-refractivity contribution >= 4 is 27.9 Å². The van der Waals surface area contributed by atoms with E-state index in [0.717, 1.165) is 16.9 Å². The number of methoxy groups -OCH3 is 3. The normalized spacial score (nSPS) is 16.3. The summed E-state index contributed by atoms with van der Waals surface area (Å²) in [6.07, 6.45) is 1.00. The lowest BCUT2D eigenvalue weighted by atomic mass is 10.0. The zero-order valence-electron chi connectivity index (χ0n) is 17.8. The zero-order chi connectivity index (χ0) is 24.2. The van der Waals surface area contributed by atoms with Gasteiger partial charge in [0.1, 0.15) is 5.76 Å². The summed E-state index contributed by atoms with van der Waals surface area (Å²) < 4.78 is 89.4. The van der Waals surface area contributed by atoms with Crippen molar-refractivity contribution in [2.24, 2.45) is 0 Å². The topological polar surface area (TPSA) is 80.3 Å². The summed E-state index contributed by atoms with van der Waals surface area (Å²) in [5, 5.41) is 0. The highest BCUT2D eigenvalue weighted by atomic mass is 32.2. The summed E-state index contributed by atoms with van der Waals surface area (Å²) in [6.45, 7) is 0. The first-order valence-corrected chi connectivity index (χ1v) is 11.7. The molecule has 2 aromatic rings. The molecule has 1 aliphatic rings. The number of fused-ring (bicyclic) bond motifs is 1. The first-order valence-electron chi connectivity index (χ1n) is 9.54. The highest BCUT2D eigenvalue weighted by Crippen LogP contribution is 2.47. The number of ether oxygens (including phenoxy) is 3. The Hall–Kier alpha value is -2.57. The van der Waals surface area contributed by atoms with Crippen LogP contribution in [0.15, 0.2) is 47.4 Å². The Bertz CT molecular complexity index is 1120. The fourth-order valence-electron chi connectivity index (χ4n) is 3.22. The number of rotatable bonds is 8. The van der Waals surface area contributed by atoms with Gasteiger partial charge in [0.15, 0.2) is 11.5 Å². The molecule has 0 amide bonds. The van der Waals surface area contributed by atoms with Crippen molar-refractivity contribution in [1.82, 2.24) is 0 Å². The van der Waals surface area contributed by atoms with Gasteiger partial charge in [0.05, 0.1) is 27.4 Å². The van der Waals surface area contributed by atoms with E-state index in [1.54, 1.807) is 24.3 Å². The molecule has 3 rings (SSSR count). The minimum absolute atomic E-state index is 0.0631. The van der Waals surface area contributed by atoms with E-state index < -0.39 is 27.5 Å². The van der Waals surface area contributed by atoms with Crippen LogP contribution in [0.1, 0.15) is 17.5 Å². The maximum atomic E-state index is 13.1. The van der Waals surface area contributed by atoms with E-state index in [4.69, 9.17) is 18.4 Å². The highest BCUT2D eigenvalue weighted by Gasteiger charge is 2.49. The zero-order valence-corrected chi connectivity index (χ0v) is 19.5. The van der Waals surface area contributed by atoms with Gasteiger partial charge in [-0.15, -0.1) is 0 Å². The average Bonchev–Trinajstić information content (AvgIpc) is 2.95. The molecule has 0 radical (unpaired) electrons. The van der Waals surface area contributed by atoms with Gasteiger partial charge in [-0.2, -0.15) is 21.6 Å². The van der Waals surface area contributed by atoms with Crippen molar-refractivity contribution < 1.29 is 44.2 Å². The van der Waals surface area contributed by atoms with E-state index in [1.807, 2.05) is 6.07 Å². The third-order valence-corrected chi connectivity index (χ3v) is 6.48. The quantitative estimate of drug-likeness (QED) is 0.283. The molecule has 0 N–H and O–H groups in total. The summed E-state index contributed by atoms with van der Waals surface area (Å²) in [5.74, 6) is -0.000276. The molecule has 0 aromatic heterocycles. The minimum Gasteiger partial charge on any atom is -0.493 e. The number of alkyl halides is 3. The fraction of sp³-hybridized carbons (Fsp3) is 0.333. The van der Waals surface area contributed by atoms with Crippen molar-refractivity contribution in [2.45, 2.75) is 29.3 Å². The molecule has 0 fully saturated rings. The second-order valence-electron chi connectivity index (χ2n) is 6.76. The standard InChI is InChI=1S/C21H21F3O7S2/c1-27-18-12-16-15(19(28-2)20(18)29-3)10-9-13(30-32-14-7-5-4-6-8-14)11-17(16)31-33(25,26)21(22,23)24/h4-8,11-13H,9-10H2,1-3H3. The van der Waals surface area contributed by atoms with Crippen LogP contribution >= 0.6 is 12.0 Å². The SMILES string of the molecule is COc1cc2c(c(OC)c1OC)CCC(OSc1ccccc1)C=C2OS(=O)(=O)C(F)(F)F. The summed E-state index contributed by atoms with van der Waals surface area (Å²) in [4.78, 5) is 0.763. The molecule has 1 unspecified atom stereocenters. The van der Waals surface area contributed by atoms with E-state index in [9.17, 15) is 21.6 Å². The molecule has 0 aliphatic heterocycles. The van der Waals surface area contributed by atoms with Crippen LogP contribution in [0, 0.1) is 0 Å². The molecule has 0 heterocycles. The van der Waals surface area contributed by atoms with Gasteiger partial charge in [0.2, 0.25) is 5.75 Å². The third-order valence-electron chi connectivity index (χ3n) is 4.71. The fourth-order valence-corrected chi connectivity index (χ4v) is 4.35. The molecular formula is C21H21F3O7S2. The van der Waals surface area contributed by atoms with E-state index in [2.05, 4.69) is 4.18 Å². The van der Waals surface area contributed by atoms with Gasteiger partial charge in [-0.05, 0) is 37.1 Å². The molecule has 33 heavy (non-hydrogen) atoms. The van der Waals surface area contributed by atoms with Crippen molar-refractivity contribution in [3.05, 3.63) is 53.6 Å². The van der Waals surface area contributed by atoms with Crippen LogP contribution in [0.3, 0.4) is 0 Å². The Morgan fingerprint density at radius 2 is 1.67 bits per heavy atom. The summed E-state index contributed by atoms with van der Waals surface area (Å²) >= 11 is 1.01. The lowest BCUT2D eigenvalue weighted by Crippen LogP contribution is -2.25. The largest absolute Gasteiger partial charge is 0.534 e. The Labute approximate surface area is 193 Å². The Kier molecular flexibility index (Phi) is 7.70. The van der Waals surface area contributed by atoms with Gasteiger partial charge in [-0.3, -0.25) is 0 Å². The van der Waals surface area contributed by atoms with Gasteiger partial charge in [-0.25, -0.2) is 0 Å². The van der Waals surface area contributed by atoms with E-state index in [1.165, 1.54) is 33.5 Å². The van der Waals surface area contributed by atoms with E-state index >= 15 is 0 Å². The molecule has 0 saturated heterocycles. The van der Waals surface area contributed by atoms with Crippen LogP contribution in [0.2, 0.25) is 0 Å². The summed E-state index contributed by atoms with van der Waals surface area (Å²) in [7, 11) is -1.87. The van der Waals surface area contributed by atoms with Crippen molar-refractivity contribution in [3.63, 3.8) is 0 Å². The van der Waals surface area contributed by atoms with Crippen LogP contribution in [-0.2, 0) is 24.9 Å². The van der Waals surface area contributed by atoms with Crippen LogP contribution in [0.5, 0.6) is 17.2 Å². The third kappa shape index (κ3) is 5.50. The lowest BCUT2D eigenvalue weighted by molar-refractivity contribution is -0.0509. The molecule has 12 heteroatoms. The highest BCUT2D eigenvalue weighted by molar-refractivity contribution is 7.94. The number of hydrogen-bond acceptors (Lipinski definition) is 8. The summed E-state index contributed by atoms with van der Waals surface area (Å²) in [6, 6.07) is 10.4. The van der Waals surface area contributed by atoms with Crippen LogP contribution in [0.4, 0.5) is 13.2 Å². The molecule has 7 nitrogen and oxygen atoms in total. The molecule has 2 aromatic carbocycles. The molecule has 0 bridgehead atoms. The Morgan fingerprint density at radius 1 is 1.00 bits per heavy atom. The minimum atomic E-state index is -5.95. The first-order chi connectivity index (χ1) is 15.6. The van der Waals surface area contributed by atoms with Gasteiger partial charge in [0.25, 0.3) is 0 Å². The van der Waals surface area contributed by atoms with E-state index in [-0.39, 0.29) is 29.2 Å². The molecule has 180 valence electrons. The Balaban J connectivity index is 2.08. The van der Waals surface area contributed by atoms with Crippen molar-refractivity contribution in [1.29, 1.82) is 0 Å². The smallest absolute Gasteiger partial charge is 0.493 e. The number of halogens is 3. The Morgan fingerprint density at radius 3 is 2.24 bits per heavy atom. The monoisotopic (exact) mass is 506 g/mol. The molecule has 0 saturated carbocycles. The van der Waals surface area contributed by atoms with Gasteiger partial charge >= 0.3 is 15.6 Å². The van der Waals surface area contributed by atoms with E-state index in [0.29, 0.717) is 12.0 Å². The number of hydrogen-bond donors (Lipinski definition) is 0. The molecular weight excluding hydrogens is 485 g/mol. The molecule has 0 spiro atoms. The maximum absolute atomic E-state index is 13.1. The molecule has 1 atom stereocenters. The van der Waals surface area contributed by atoms with Crippen LogP contribution in [-0.4, -0.2) is 41.4 Å². The van der Waals surface area contributed by atoms with Crippen molar-refractivity contribution in [2.75, 3.05) is 21.3 Å². The van der Waals surface area contributed by atoms with Gasteiger partial charge in [0, 0.05) is 28.1 Å². The first kappa shape index (κ1) is 25.1. The summed E-state index contributed by atoms with van der Waals surface area (Å²) in [5.41, 5.74) is -5.15.